The number of hydrogen-bond donors (Lipinski definition) is 0. The largest absolute Gasteiger partial charge is 0.289 e. The van der Waals surface area contributed by atoms with E-state index in [0.29, 0.717) is 5.92 Å². The van der Waals surface area contributed by atoms with Crippen LogP contribution in [0.3, 0.4) is 0 Å². The van der Waals surface area contributed by atoms with E-state index in [-0.39, 0.29) is 5.78 Å². The molecule has 0 radical (unpaired) electrons. The van der Waals surface area contributed by atoms with Crippen LogP contribution in [0, 0.1) is 0 Å². The van der Waals surface area contributed by atoms with E-state index in [1.807, 2.05) is 54.6 Å². The fourth-order valence-corrected chi connectivity index (χ4v) is 3.73. The average molecular weight is 350 g/mol. The molecule has 1 aliphatic carbocycles. The van der Waals surface area contributed by atoms with Gasteiger partial charge in [-0.25, -0.2) is 0 Å². The van der Waals surface area contributed by atoms with Crippen LogP contribution in [0.5, 0.6) is 0 Å². The van der Waals surface area contributed by atoms with E-state index in [1.165, 1.54) is 5.56 Å². The van der Waals surface area contributed by atoms with E-state index < -0.39 is 0 Å². The molecule has 0 aromatic heterocycles. The van der Waals surface area contributed by atoms with Gasteiger partial charge in [-0.1, -0.05) is 103 Å². The van der Waals surface area contributed by atoms with Crippen molar-refractivity contribution in [2.24, 2.45) is 0 Å². The van der Waals surface area contributed by atoms with Gasteiger partial charge in [0.05, 0.1) is 0 Å². The van der Waals surface area contributed by atoms with Crippen molar-refractivity contribution in [3.8, 4) is 0 Å². The molecule has 0 bridgehead atoms. The summed E-state index contributed by atoms with van der Waals surface area (Å²) in [4.78, 5) is 13.2. The lowest BCUT2D eigenvalue weighted by Crippen LogP contribution is -2.04. The third-order valence-electron chi connectivity index (χ3n) is 5.16. The quantitative estimate of drug-likeness (QED) is 0.483. The highest BCUT2D eigenvalue weighted by molar-refractivity contribution is 6.10. The Morgan fingerprint density at radius 2 is 1.30 bits per heavy atom. The van der Waals surface area contributed by atoms with Gasteiger partial charge in [-0.2, -0.15) is 0 Å². The maximum atomic E-state index is 13.2. The van der Waals surface area contributed by atoms with Gasteiger partial charge in [-0.3, -0.25) is 4.79 Å². The Morgan fingerprint density at radius 1 is 0.704 bits per heavy atom. The SMILES string of the molecule is O=C(C1=C(/C=C/c2ccccc2)C[C@@H](c2ccccc2)C1)c1ccccc1. The van der Waals surface area contributed by atoms with Crippen molar-refractivity contribution in [2.75, 3.05) is 0 Å². The van der Waals surface area contributed by atoms with Crippen LogP contribution in [0.15, 0.2) is 108 Å². The highest BCUT2D eigenvalue weighted by atomic mass is 16.1. The second-order valence-electron chi connectivity index (χ2n) is 6.96. The number of carbonyl (C=O) groups is 1. The van der Waals surface area contributed by atoms with Crippen molar-refractivity contribution < 1.29 is 4.79 Å². The summed E-state index contributed by atoms with van der Waals surface area (Å²) in [6.07, 6.45) is 5.95. The molecule has 0 amide bonds. The van der Waals surface area contributed by atoms with Crippen LogP contribution in [0.1, 0.15) is 40.2 Å². The molecule has 0 unspecified atom stereocenters. The number of Topliss-reactive ketones (excluding diaryl/α,β-unsaturated/α-hetero) is 1. The zero-order valence-electron chi connectivity index (χ0n) is 15.2. The minimum atomic E-state index is 0.154. The van der Waals surface area contributed by atoms with E-state index in [4.69, 9.17) is 0 Å². The van der Waals surface area contributed by atoms with Gasteiger partial charge < -0.3 is 0 Å². The highest BCUT2D eigenvalue weighted by Gasteiger charge is 2.28. The summed E-state index contributed by atoms with van der Waals surface area (Å²) in [5.41, 5.74) is 5.33. The normalized spacial score (nSPS) is 16.8. The molecule has 1 aliphatic rings. The summed E-state index contributed by atoms with van der Waals surface area (Å²) in [6, 6.07) is 30.4. The van der Waals surface area contributed by atoms with Crippen molar-refractivity contribution >= 4 is 11.9 Å². The molecular formula is C26H22O. The molecule has 0 fully saturated rings. The van der Waals surface area contributed by atoms with Crippen LogP contribution in [0.4, 0.5) is 0 Å². The number of rotatable bonds is 5. The van der Waals surface area contributed by atoms with E-state index in [9.17, 15) is 4.79 Å². The maximum Gasteiger partial charge on any atom is 0.189 e. The Bertz CT molecular complexity index is 966. The number of carbonyl (C=O) groups excluding carboxylic acids is 1. The zero-order valence-corrected chi connectivity index (χ0v) is 15.2. The lowest BCUT2D eigenvalue weighted by molar-refractivity contribution is 0.103. The molecule has 4 rings (SSSR count). The lowest BCUT2D eigenvalue weighted by Gasteiger charge is -2.10. The third kappa shape index (κ3) is 3.98. The van der Waals surface area contributed by atoms with Crippen LogP contribution >= 0.6 is 0 Å². The molecule has 0 N–H and O–H groups in total. The van der Waals surface area contributed by atoms with Gasteiger partial charge in [0.25, 0.3) is 0 Å². The van der Waals surface area contributed by atoms with E-state index in [0.717, 1.165) is 35.1 Å². The number of allylic oxidation sites excluding steroid dienone is 3. The van der Waals surface area contributed by atoms with Gasteiger partial charge in [-0.05, 0) is 35.5 Å². The fourth-order valence-electron chi connectivity index (χ4n) is 3.73. The summed E-state index contributed by atoms with van der Waals surface area (Å²) >= 11 is 0. The summed E-state index contributed by atoms with van der Waals surface area (Å²) < 4.78 is 0. The molecule has 0 saturated heterocycles. The Balaban J connectivity index is 1.66. The molecule has 3 aromatic carbocycles. The molecule has 27 heavy (non-hydrogen) atoms. The van der Waals surface area contributed by atoms with Gasteiger partial charge in [0.2, 0.25) is 0 Å². The summed E-state index contributed by atoms with van der Waals surface area (Å²) in [7, 11) is 0. The molecule has 0 aliphatic heterocycles. The standard InChI is InChI=1S/C26H22O/c27-26(22-14-8-3-9-15-22)25-19-24(21-12-6-2-7-13-21)18-23(25)17-16-20-10-4-1-5-11-20/h1-17,24H,18-19H2/b17-16+/t24-/m1/s1. The van der Waals surface area contributed by atoms with Gasteiger partial charge in [-0.15, -0.1) is 0 Å². The Labute approximate surface area is 160 Å². The molecule has 1 heteroatoms. The monoisotopic (exact) mass is 350 g/mol. The summed E-state index contributed by atoms with van der Waals surface area (Å²) in [6.45, 7) is 0. The van der Waals surface area contributed by atoms with Crippen molar-refractivity contribution in [1.29, 1.82) is 0 Å². The predicted octanol–water partition coefficient (Wildman–Crippen LogP) is 6.46. The van der Waals surface area contributed by atoms with Crippen LogP contribution in [0.2, 0.25) is 0 Å². The summed E-state index contributed by atoms with van der Waals surface area (Å²) in [5.74, 6) is 0.519. The second kappa shape index (κ2) is 8.01. The first kappa shape index (κ1) is 17.2. The minimum absolute atomic E-state index is 0.154. The van der Waals surface area contributed by atoms with Crippen LogP contribution < -0.4 is 0 Å². The van der Waals surface area contributed by atoms with Crippen LogP contribution in [-0.4, -0.2) is 5.78 Å². The smallest absolute Gasteiger partial charge is 0.189 e. The van der Waals surface area contributed by atoms with E-state index in [1.54, 1.807) is 0 Å². The van der Waals surface area contributed by atoms with Crippen LogP contribution in [-0.2, 0) is 0 Å². The first-order valence-electron chi connectivity index (χ1n) is 9.41. The number of benzene rings is 3. The van der Waals surface area contributed by atoms with E-state index in [2.05, 4.69) is 48.6 Å². The van der Waals surface area contributed by atoms with Gasteiger partial charge in [0, 0.05) is 11.1 Å². The second-order valence-corrected chi connectivity index (χ2v) is 6.96. The Morgan fingerprint density at radius 3 is 1.96 bits per heavy atom. The molecule has 0 heterocycles. The summed E-state index contributed by atoms with van der Waals surface area (Å²) in [5, 5.41) is 0. The number of ketones is 1. The van der Waals surface area contributed by atoms with Crippen molar-refractivity contribution in [1.82, 2.24) is 0 Å². The maximum absolute atomic E-state index is 13.2. The average Bonchev–Trinajstić information content (AvgIpc) is 3.18. The van der Waals surface area contributed by atoms with Crippen LogP contribution in [0.25, 0.3) is 6.08 Å². The minimum Gasteiger partial charge on any atom is -0.289 e. The lowest BCUT2D eigenvalue weighted by atomic mass is 9.94. The Hall–Kier alpha value is -3.19. The topological polar surface area (TPSA) is 17.1 Å². The van der Waals surface area contributed by atoms with Gasteiger partial charge in [0.1, 0.15) is 0 Å². The number of hydrogen-bond acceptors (Lipinski definition) is 1. The predicted molar refractivity (Wildman–Crippen MR) is 112 cm³/mol. The third-order valence-corrected chi connectivity index (χ3v) is 5.16. The van der Waals surface area contributed by atoms with E-state index >= 15 is 0 Å². The molecule has 0 spiro atoms. The zero-order chi connectivity index (χ0) is 18.5. The fraction of sp³-hybridized carbons (Fsp3) is 0.115. The first-order valence-corrected chi connectivity index (χ1v) is 9.41. The molecular weight excluding hydrogens is 328 g/mol. The highest BCUT2D eigenvalue weighted by Crippen LogP contribution is 2.40. The molecule has 1 nitrogen and oxygen atoms in total. The van der Waals surface area contributed by atoms with Crippen molar-refractivity contribution in [3.05, 3.63) is 125 Å². The molecule has 1 atom stereocenters. The van der Waals surface area contributed by atoms with Crippen molar-refractivity contribution in [3.63, 3.8) is 0 Å². The molecule has 0 saturated carbocycles. The van der Waals surface area contributed by atoms with Crippen molar-refractivity contribution in [2.45, 2.75) is 18.8 Å². The molecule has 132 valence electrons. The Kier molecular flexibility index (Phi) is 5.11. The molecule has 3 aromatic rings. The first-order chi connectivity index (χ1) is 13.3. The van der Waals surface area contributed by atoms with Gasteiger partial charge in [0.15, 0.2) is 5.78 Å². The van der Waals surface area contributed by atoms with Gasteiger partial charge >= 0.3 is 0 Å².